The van der Waals surface area contributed by atoms with Crippen LogP contribution in [0.1, 0.15) is 39.0 Å². The van der Waals surface area contributed by atoms with Crippen molar-refractivity contribution in [1.82, 2.24) is 4.90 Å². The summed E-state index contributed by atoms with van der Waals surface area (Å²) in [6.07, 6.45) is 7.17. The Labute approximate surface area is 96.4 Å². The molecule has 0 aromatic rings. The van der Waals surface area contributed by atoms with Crippen LogP contribution >= 0.6 is 15.9 Å². The average Bonchev–Trinajstić information content (AvgIpc) is 2.99. The van der Waals surface area contributed by atoms with E-state index < -0.39 is 0 Å². The van der Waals surface area contributed by atoms with Crippen molar-refractivity contribution >= 4 is 15.9 Å². The van der Waals surface area contributed by atoms with Crippen LogP contribution in [-0.4, -0.2) is 29.9 Å². The van der Waals surface area contributed by atoms with Gasteiger partial charge in [0.05, 0.1) is 0 Å². The van der Waals surface area contributed by atoms with E-state index in [0.717, 1.165) is 5.92 Å². The fourth-order valence-electron chi connectivity index (χ4n) is 2.61. The van der Waals surface area contributed by atoms with Gasteiger partial charge in [0.15, 0.2) is 0 Å². The molecule has 0 N–H and O–H groups in total. The predicted molar refractivity (Wildman–Crippen MR) is 64.9 cm³/mol. The van der Waals surface area contributed by atoms with Crippen LogP contribution in [0, 0.1) is 11.3 Å². The molecule has 14 heavy (non-hydrogen) atoms. The number of piperidine rings is 1. The van der Waals surface area contributed by atoms with E-state index in [9.17, 15) is 0 Å². The SMILES string of the molecule is CCC1CCCN(CC2(CBr)CC2)C1. The highest BCUT2D eigenvalue weighted by Crippen LogP contribution is 2.48. The zero-order chi connectivity index (χ0) is 10.0. The number of nitrogens with zero attached hydrogens (tertiary/aromatic N) is 1. The van der Waals surface area contributed by atoms with Crippen LogP contribution in [0.25, 0.3) is 0 Å². The van der Waals surface area contributed by atoms with Crippen molar-refractivity contribution in [3.8, 4) is 0 Å². The Bertz CT molecular complexity index is 189. The van der Waals surface area contributed by atoms with Gasteiger partial charge in [0, 0.05) is 18.4 Å². The Hall–Kier alpha value is 0.440. The fraction of sp³-hybridized carbons (Fsp3) is 1.00. The van der Waals surface area contributed by atoms with Gasteiger partial charge in [0.1, 0.15) is 0 Å². The van der Waals surface area contributed by atoms with Crippen molar-refractivity contribution < 1.29 is 0 Å². The van der Waals surface area contributed by atoms with Gasteiger partial charge in [-0.2, -0.15) is 0 Å². The maximum absolute atomic E-state index is 3.67. The van der Waals surface area contributed by atoms with Crippen LogP contribution in [-0.2, 0) is 0 Å². The molecule has 1 aliphatic carbocycles. The number of halogens is 1. The van der Waals surface area contributed by atoms with Crippen LogP contribution in [0.5, 0.6) is 0 Å². The number of rotatable bonds is 4. The highest BCUT2D eigenvalue weighted by molar-refractivity contribution is 9.09. The Kier molecular flexibility index (Phi) is 3.54. The van der Waals surface area contributed by atoms with E-state index in [1.54, 1.807) is 0 Å². The normalized spacial score (nSPS) is 31.7. The Morgan fingerprint density at radius 2 is 2.21 bits per heavy atom. The van der Waals surface area contributed by atoms with Gasteiger partial charge < -0.3 is 4.90 Å². The summed E-state index contributed by atoms with van der Waals surface area (Å²) in [6.45, 7) is 6.41. The summed E-state index contributed by atoms with van der Waals surface area (Å²) >= 11 is 3.67. The molecular formula is C12H22BrN. The predicted octanol–water partition coefficient (Wildman–Crippen LogP) is 3.28. The third kappa shape index (κ3) is 2.52. The van der Waals surface area contributed by atoms with Crippen molar-refractivity contribution in [3.05, 3.63) is 0 Å². The number of likely N-dealkylation sites (tertiary alicyclic amines) is 1. The van der Waals surface area contributed by atoms with E-state index in [1.807, 2.05) is 0 Å². The molecule has 1 atom stereocenters. The minimum absolute atomic E-state index is 0.676. The van der Waals surface area contributed by atoms with Crippen LogP contribution in [0.15, 0.2) is 0 Å². The molecule has 0 bridgehead atoms. The van der Waals surface area contributed by atoms with Crippen molar-refractivity contribution in [2.24, 2.45) is 11.3 Å². The van der Waals surface area contributed by atoms with Crippen LogP contribution in [0.3, 0.4) is 0 Å². The quantitative estimate of drug-likeness (QED) is 0.701. The maximum Gasteiger partial charge on any atom is 0.0100 e. The van der Waals surface area contributed by atoms with Crippen molar-refractivity contribution in [3.63, 3.8) is 0 Å². The monoisotopic (exact) mass is 259 g/mol. The highest BCUT2D eigenvalue weighted by atomic mass is 79.9. The minimum Gasteiger partial charge on any atom is -0.302 e. The molecule has 1 nitrogen and oxygen atoms in total. The van der Waals surface area contributed by atoms with E-state index in [-0.39, 0.29) is 0 Å². The Morgan fingerprint density at radius 1 is 1.43 bits per heavy atom. The largest absolute Gasteiger partial charge is 0.302 e. The lowest BCUT2D eigenvalue weighted by molar-refractivity contribution is 0.148. The summed E-state index contributed by atoms with van der Waals surface area (Å²) in [5.74, 6) is 0.981. The lowest BCUT2D eigenvalue weighted by atomic mass is 9.94. The van der Waals surface area contributed by atoms with Crippen molar-refractivity contribution in [2.45, 2.75) is 39.0 Å². The average molecular weight is 260 g/mol. The first-order valence-corrected chi connectivity index (χ1v) is 7.18. The molecule has 82 valence electrons. The van der Waals surface area contributed by atoms with Gasteiger partial charge in [0.25, 0.3) is 0 Å². The molecule has 1 saturated carbocycles. The van der Waals surface area contributed by atoms with Crippen LogP contribution in [0.4, 0.5) is 0 Å². The molecule has 2 aliphatic rings. The summed E-state index contributed by atoms with van der Waals surface area (Å²) in [7, 11) is 0. The van der Waals surface area contributed by atoms with Crippen LogP contribution < -0.4 is 0 Å². The van der Waals surface area contributed by atoms with Gasteiger partial charge in [-0.15, -0.1) is 0 Å². The summed E-state index contributed by atoms with van der Waals surface area (Å²) in [4.78, 5) is 2.71. The molecule has 1 saturated heterocycles. The third-order valence-electron chi connectivity index (χ3n) is 3.98. The zero-order valence-electron chi connectivity index (χ0n) is 9.27. The lowest BCUT2D eigenvalue weighted by Crippen LogP contribution is -2.39. The Morgan fingerprint density at radius 3 is 2.79 bits per heavy atom. The van der Waals surface area contributed by atoms with Gasteiger partial charge in [-0.1, -0.05) is 29.3 Å². The Balaban J connectivity index is 1.80. The molecule has 1 heterocycles. The first kappa shape index (κ1) is 10.9. The van der Waals surface area contributed by atoms with Gasteiger partial charge >= 0.3 is 0 Å². The highest BCUT2D eigenvalue weighted by Gasteiger charge is 2.43. The van der Waals surface area contributed by atoms with Crippen molar-refractivity contribution in [2.75, 3.05) is 25.0 Å². The first-order valence-electron chi connectivity index (χ1n) is 6.06. The second-order valence-electron chi connectivity index (χ2n) is 5.29. The zero-order valence-corrected chi connectivity index (χ0v) is 10.9. The van der Waals surface area contributed by atoms with Gasteiger partial charge in [-0.25, -0.2) is 0 Å². The first-order chi connectivity index (χ1) is 6.78. The molecule has 0 radical (unpaired) electrons. The van der Waals surface area contributed by atoms with E-state index >= 15 is 0 Å². The van der Waals surface area contributed by atoms with Crippen LogP contribution in [0.2, 0.25) is 0 Å². The number of hydrogen-bond acceptors (Lipinski definition) is 1. The lowest BCUT2D eigenvalue weighted by Gasteiger charge is -2.34. The molecule has 1 aliphatic heterocycles. The third-order valence-corrected chi connectivity index (χ3v) is 5.17. The molecule has 2 heteroatoms. The number of hydrogen-bond donors (Lipinski definition) is 0. The fourth-order valence-corrected chi connectivity index (χ4v) is 3.35. The second kappa shape index (κ2) is 4.52. The molecule has 0 aromatic carbocycles. The maximum atomic E-state index is 3.67. The van der Waals surface area contributed by atoms with Crippen molar-refractivity contribution in [1.29, 1.82) is 0 Å². The summed E-state index contributed by atoms with van der Waals surface area (Å²) < 4.78 is 0. The second-order valence-corrected chi connectivity index (χ2v) is 5.85. The van der Waals surface area contributed by atoms with Gasteiger partial charge in [-0.3, -0.25) is 0 Å². The van der Waals surface area contributed by atoms with E-state index in [1.165, 1.54) is 57.1 Å². The molecule has 2 rings (SSSR count). The number of alkyl halides is 1. The molecule has 0 aromatic heterocycles. The van der Waals surface area contributed by atoms with Gasteiger partial charge in [-0.05, 0) is 43.6 Å². The molecule has 0 amide bonds. The van der Waals surface area contributed by atoms with E-state index in [4.69, 9.17) is 0 Å². The minimum atomic E-state index is 0.676. The molecule has 2 fully saturated rings. The molecule has 1 unspecified atom stereocenters. The van der Waals surface area contributed by atoms with Gasteiger partial charge in [0.2, 0.25) is 0 Å². The van der Waals surface area contributed by atoms with E-state index in [0.29, 0.717) is 5.41 Å². The molecule has 0 spiro atoms. The standard InChI is InChI=1S/C12H22BrN/c1-2-11-4-3-7-14(8-11)10-12(9-13)5-6-12/h11H,2-10H2,1H3. The van der Waals surface area contributed by atoms with E-state index in [2.05, 4.69) is 27.8 Å². The smallest absolute Gasteiger partial charge is 0.0100 e. The topological polar surface area (TPSA) is 3.24 Å². The summed E-state index contributed by atoms with van der Waals surface area (Å²) in [5, 5.41) is 1.22. The molecular weight excluding hydrogens is 238 g/mol. The summed E-state index contributed by atoms with van der Waals surface area (Å²) in [5.41, 5.74) is 0.676. The summed E-state index contributed by atoms with van der Waals surface area (Å²) in [6, 6.07) is 0.